The van der Waals surface area contributed by atoms with Gasteiger partial charge in [-0.2, -0.15) is 0 Å². The highest BCUT2D eigenvalue weighted by Gasteiger charge is 2.02. The van der Waals surface area contributed by atoms with Crippen molar-refractivity contribution >= 4 is 22.6 Å². The molecule has 0 saturated carbocycles. The maximum absolute atomic E-state index is 5.85. The van der Waals surface area contributed by atoms with Crippen LogP contribution in [0.3, 0.4) is 0 Å². The highest BCUT2D eigenvalue weighted by Crippen LogP contribution is 2.25. The molecule has 0 aliphatic heterocycles. The van der Waals surface area contributed by atoms with Crippen LogP contribution in [0.15, 0.2) is 22.6 Å². The quantitative estimate of drug-likeness (QED) is 0.584. The third kappa shape index (κ3) is 1.02. The standard InChI is InChI=1S/C9H6ClO/c1-6-5-7-3-2-4-8(10)9(7)11-6/h3-5H,1H3. The maximum Gasteiger partial charge on any atom is 0.152 e. The molecule has 0 N–H and O–H groups in total. The molecule has 0 saturated heterocycles. The molecule has 0 aliphatic rings. The van der Waals surface area contributed by atoms with E-state index in [4.69, 9.17) is 16.0 Å². The van der Waals surface area contributed by atoms with E-state index in [1.54, 1.807) is 6.07 Å². The first-order valence-corrected chi connectivity index (χ1v) is 3.71. The Bertz CT molecular complexity index is 389. The summed E-state index contributed by atoms with van der Waals surface area (Å²) < 4.78 is 5.35. The van der Waals surface area contributed by atoms with Gasteiger partial charge in [-0.25, -0.2) is 0 Å². The first-order valence-electron chi connectivity index (χ1n) is 3.33. The van der Waals surface area contributed by atoms with Gasteiger partial charge in [-0.15, -0.1) is 0 Å². The molecule has 0 spiro atoms. The molecule has 1 aromatic carbocycles. The summed E-state index contributed by atoms with van der Waals surface area (Å²) in [7, 11) is 0. The van der Waals surface area contributed by atoms with Crippen LogP contribution in [-0.4, -0.2) is 0 Å². The van der Waals surface area contributed by atoms with E-state index >= 15 is 0 Å². The van der Waals surface area contributed by atoms with Crippen molar-refractivity contribution < 1.29 is 4.42 Å². The molecule has 1 radical (unpaired) electrons. The number of aryl methyl sites for hydroxylation is 1. The van der Waals surface area contributed by atoms with Crippen molar-refractivity contribution in [3.8, 4) is 0 Å². The number of furan rings is 1. The first-order chi connectivity index (χ1) is 5.27. The van der Waals surface area contributed by atoms with Crippen LogP contribution in [0.2, 0.25) is 5.02 Å². The van der Waals surface area contributed by atoms with Crippen LogP contribution < -0.4 is 0 Å². The van der Waals surface area contributed by atoms with Crippen molar-refractivity contribution in [2.24, 2.45) is 0 Å². The number of benzene rings is 1. The van der Waals surface area contributed by atoms with Gasteiger partial charge < -0.3 is 4.42 Å². The van der Waals surface area contributed by atoms with Gasteiger partial charge in [0.15, 0.2) is 5.58 Å². The number of hydrogen-bond acceptors (Lipinski definition) is 1. The average molecular weight is 166 g/mol. The van der Waals surface area contributed by atoms with E-state index in [-0.39, 0.29) is 0 Å². The minimum Gasteiger partial charge on any atom is -0.460 e. The van der Waals surface area contributed by atoms with Gasteiger partial charge in [0.2, 0.25) is 0 Å². The predicted octanol–water partition coefficient (Wildman–Crippen LogP) is 3.19. The minimum absolute atomic E-state index is 0.621. The largest absolute Gasteiger partial charge is 0.460 e. The summed E-state index contributed by atoms with van der Waals surface area (Å²) in [6.45, 7) is 1.90. The van der Waals surface area contributed by atoms with Gasteiger partial charge in [0.05, 0.1) is 5.02 Å². The first kappa shape index (κ1) is 6.74. The van der Waals surface area contributed by atoms with Gasteiger partial charge in [0, 0.05) is 5.39 Å². The van der Waals surface area contributed by atoms with Crippen LogP contribution in [0.1, 0.15) is 5.76 Å². The Hall–Kier alpha value is -0.950. The molecular formula is C9H6ClO. The molecule has 0 fully saturated rings. The third-order valence-corrected chi connectivity index (χ3v) is 1.83. The van der Waals surface area contributed by atoms with Crippen LogP contribution in [0.5, 0.6) is 0 Å². The fraction of sp³-hybridized carbons (Fsp3) is 0.111. The number of fused-ring (bicyclic) bond motifs is 1. The van der Waals surface area contributed by atoms with Crippen LogP contribution in [0.4, 0.5) is 0 Å². The zero-order valence-electron chi connectivity index (χ0n) is 6.02. The van der Waals surface area contributed by atoms with E-state index in [1.807, 2.05) is 19.1 Å². The molecule has 0 aliphatic carbocycles. The fourth-order valence-electron chi connectivity index (χ4n) is 1.10. The highest BCUT2D eigenvalue weighted by atomic mass is 35.5. The smallest absolute Gasteiger partial charge is 0.152 e. The molecule has 1 heterocycles. The van der Waals surface area contributed by atoms with Crippen molar-refractivity contribution in [3.05, 3.63) is 35.0 Å². The van der Waals surface area contributed by atoms with Crippen LogP contribution >= 0.6 is 11.6 Å². The molecule has 2 heteroatoms. The molecule has 0 atom stereocenters. The zero-order valence-corrected chi connectivity index (χ0v) is 6.77. The lowest BCUT2D eigenvalue weighted by molar-refractivity contribution is 0.578. The Morgan fingerprint density at radius 2 is 2.27 bits per heavy atom. The lowest BCUT2D eigenvalue weighted by Gasteiger charge is -1.88. The summed E-state index contributed by atoms with van der Waals surface area (Å²) in [5.41, 5.74) is 0.753. The Kier molecular flexibility index (Phi) is 1.40. The van der Waals surface area contributed by atoms with Crippen LogP contribution in [-0.2, 0) is 0 Å². The summed E-state index contributed by atoms with van der Waals surface area (Å²) >= 11 is 5.85. The predicted molar refractivity (Wildman–Crippen MR) is 44.8 cm³/mol. The monoisotopic (exact) mass is 165 g/mol. The summed E-state index contributed by atoms with van der Waals surface area (Å²) in [5.74, 6) is 0.876. The molecule has 1 nitrogen and oxygen atoms in total. The second-order valence-electron chi connectivity index (χ2n) is 2.44. The lowest BCUT2D eigenvalue weighted by atomic mass is 10.2. The van der Waals surface area contributed by atoms with Gasteiger partial charge in [0.25, 0.3) is 0 Å². The Balaban J connectivity index is 2.90. The van der Waals surface area contributed by atoms with Crippen molar-refractivity contribution in [1.82, 2.24) is 0 Å². The molecular weight excluding hydrogens is 160 g/mol. The minimum atomic E-state index is 0.621. The van der Waals surface area contributed by atoms with Gasteiger partial charge in [-0.05, 0) is 31.2 Å². The molecule has 1 aromatic heterocycles. The van der Waals surface area contributed by atoms with E-state index in [0.29, 0.717) is 5.02 Å². The van der Waals surface area contributed by atoms with Crippen molar-refractivity contribution in [2.75, 3.05) is 0 Å². The lowest BCUT2D eigenvalue weighted by Crippen LogP contribution is -1.64. The van der Waals surface area contributed by atoms with E-state index in [9.17, 15) is 0 Å². The maximum atomic E-state index is 5.85. The number of rotatable bonds is 0. The van der Waals surface area contributed by atoms with Gasteiger partial charge in [-0.1, -0.05) is 11.6 Å². The van der Waals surface area contributed by atoms with Gasteiger partial charge in [-0.3, -0.25) is 0 Å². The summed E-state index contributed by atoms with van der Waals surface area (Å²) in [6.07, 6.45) is 0. The Morgan fingerprint density at radius 3 is 3.00 bits per heavy atom. The second-order valence-corrected chi connectivity index (χ2v) is 2.85. The Labute approximate surface area is 69.6 Å². The van der Waals surface area contributed by atoms with Crippen LogP contribution in [0.25, 0.3) is 11.0 Å². The van der Waals surface area contributed by atoms with Crippen LogP contribution in [0, 0.1) is 13.0 Å². The molecule has 55 valence electrons. The average Bonchev–Trinajstić information content (AvgIpc) is 2.31. The number of hydrogen-bond donors (Lipinski definition) is 0. The van der Waals surface area contributed by atoms with E-state index < -0.39 is 0 Å². The number of halogens is 1. The highest BCUT2D eigenvalue weighted by molar-refractivity contribution is 6.34. The van der Waals surface area contributed by atoms with Crippen molar-refractivity contribution in [2.45, 2.75) is 6.92 Å². The summed E-state index contributed by atoms with van der Waals surface area (Å²) in [6, 6.07) is 8.43. The van der Waals surface area contributed by atoms with Gasteiger partial charge >= 0.3 is 0 Å². The molecule has 2 aromatic rings. The van der Waals surface area contributed by atoms with E-state index in [2.05, 4.69) is 6.07 Å². The Morgan fingerprint density at radius 1 is 1.45 bits per heavy atom. The van der Waals surface area contributed by atoms with E-state index in [1.165, 1.54) is 0 Å². The van der Waals surface area contributed by atoms with Crippen molar-refractivity contribution in [3.63, 3.8) is 0 Å². The summed E-state index contributed by atoms with van der Waals surface area (Å²) in [5, 5.41) is 1.63. The molecule has 11 heavy (non-hydrogen) atoms. The molecule has 0 amide bonds. The van der Waals surface area contributed by atoms with Gasteiger partial charge in [0.1, 0.15) is 5.76 Å². The van der Waals surface area contributed by atoms with E-state index in [0.717, 1.165) is 16.7 Å². The summed E-state index contributed by atoms with van der Waals surface area (Å²) in [4.78, 5) is 0. The topological polar surface area (TPSA) is 13.1 Å². The van der Waals surface area contributed by atoms with Crippen molar-refractivity contribution in [1.29, 1.82) is 0 Å². The normalized spacial score (nSPS) is 10.7. The molecule has 2 rings (SSSR count). The SMILES string of the molecule is Cc1cc2c[c]cc(Cl)c2o1. The zero-order chi connectivity index (χ0) is 7.84. The fourth-order valence-corrected chi connectivity index (χ4v) is 1.31. The third-order valence-electron chi connectivity index (χ3n) is 1.55. The molecule has 0 unspecified atom stereocenters. The second kappa shape index (κ2) is 2.28. The molecule has 0 bridgehead atoms.